The predicted molar refractivity (Wildman–Crippen MR) is 33.8 cm³/mol. The molecule has 10 heavy (non-hydrogen) atoms. The second kappa shape index (κ2) is 3.98. The number of halogens is 2. The van der Waals surface area contributed by atoms with E-state index in [9.17, 15) is 13.6 Å². The van der Waals surface area contributed by atoms with Gasteiger partial charge in [-0.25, -0.2) is 8.78 Å². The van der Waals surface area contributed by atoms with Crippen LogP contribution in [0.15, 0.2) is 12.2 Å². The van der Waals surface area contributed by atoms with Crippen molar-refractivity contribution in [2.24, 2.45) is 0 Å². The van der Waals surface area contributed by atoms with E-state index in [1.807, 2.05) is 0 Å². The van der Waals surface area contributed by atoms with Crippen LogP contribution in [0.1, 0.15) is 6.92 Å². The summed E-state index contributed by atoms with van der Waals surface area (Å²) in [6, 6.07) is 0. The number of carbonyl (C=O) groups is 1. The van der Waals surface area contributed by atoms with Gasteiger partial charge in [0.25, 0.3) is 12.3 Å². The number of nitrogens with one attached hydrogen (secondary N) is 1. The van der Waals surface area contributed by atoms with Crippen molar-refractivity contribution in [3.63, 3.8) is 0 Å². The van der Waals surface area contributed by atoms with E-state index in [2.05, 4.69) is 11.9 Å². The number of likely N-dealkylation sites (N-methyl/N-ethyl adjacent to an activating group) is 1. The lowest BCUT2D eigenvalue weighted by Crippen LogP contribution is -2.26. The Kier molecular flexibility index (Phi) is 3.61. The number of rotatable bonds is 3. The first-order valence-electron chi connectivity index (χ1n) is 2.84. The Morgan fingerprint density at radius 1 is 1.70 bits per heavy atom. The van der Waals surface area contributed by atoms with Crippen LogP contribution < -0.4 is 5.32 Å². The lowest BCUT2D eigenvalue weighted by molar-refractivity contribution is -0.118. The summed E-state index contributed by atoms with van der Waals surface area (Å²) in [6.07, 6.45) is -2.76. The fourth-order valence-corrected chi connectivity index (χ4v) is 0.373. The van der Waals surface area contributed by atoms with E-state index in [0.29, 0.717) is 6.54 Å². The van der Waals surface area contributed by atoms with Gasteiger partial charge in [0, 0.05) is 6.54 Å². The predicted octanol–water partition coefficient (Wildman–Crippen LogP) is 0.944. The molecule has 0 unspecified atom stereocenters. The molecule has 0 aliphatic heterocycles. The minimum atomic E-state index is -2.76. The summed E-state index contributed by atoms with van der Waals surface area (Å²) >= 11 is 0. The molecule has 2 nitrogen and oxygen atoms in total. The van der Waals surface area contributed by atoms with Crippen LogP contribution >= 0.6 is 0 Å². The molecule has 0 heterocycles. The Balaban J connectivity index is 3.83. The SMILES string of the molecule is C=C(C(=O)NCC)C(F)F. The summed E-state index contributed by atoms with van der Waals surface area (Å²) < 4.78 is 23.3. The van der Waals surface area contributed by atoms with E-state index in [1.165, 1.54) is 0 Å². The number of amides is 1. The summed E-state index contributed by atoms with van der Waals surface area (Å²) in [5.41, 5.74) is -0.679. The molecule has 0 radical (unpaired) electrons. The van der Waals surface area contributed by atoms with Crippen molar-refractivity contribution in [2.45, 2.75) is 13.3 Å². The molecule has 58 valence electrons. The van der Waals surface area contributed by atoms with Crippen LogP contribution in [0.25, 0.3) is 0 Å². The number of hydrogen-bond acceptors (Lipinski definition) is 1. The lowest BCUT2D eigenvalue weighted by Gasteiger charge is -2.02. The number of hydrogen-bond donors (Lipinski definition) is 1. The maximum absolute atomic E-state index is 11.6. The average Bonchev–Trinajstić information content (AvgIpc) is 1.87. The quantitative estimate of drug-likeness (QED) is 0.594. The molecule has 0 aliphatic carbocycles. The van der Waals surface area contributed by atoms with Gasteiger partial charge < -0.3 is 5.32 Å². The third-order valence-corrected chi connectivity index (χ3v) is 0.892. The van der Waals surface area contributed by atoms with E-state index >= 15 is 0 Å². The molecule has 4 heteroatoms. The van der Waals surface area contributed by atoms with E-state index in [-0.39, 0.29) is 0 Å². The van der Waals surface area contributed by atoms with Crippen molar-refractivity contribution >= 4 is 5.91 Å². The van der Waals surface area contributed by atoms with Gasteiger partial charge >= 0.3 is 0 Å². The van der Waals surface area contributed by atoms with Crippen molar-refractivity contribution in [2.75, 3.05) is 6.54 Å². The van der Waals surface area contributed by atoms with Crippen molar-refractivity contribution in [3.8, 4) is 0 Å². The molecule has 1 N–H and O–H groups in total. The first kappa shape index (κ1) is 9.07. The van der Waals surface area contributed by atoms with Gasteiger partial charge in [0.1, 0.15) is 0 Å². The minimum absolute atomic E-state index is 0.338. The fraction of sp³-hybridized carbons (Fsp3) is 0.500. The Morgan fingerprint density at radius 3 is 2.50 bits per heavy atom. The van der Waals surface area contributed by atoms with Crippen molar-refractivity contribution in [1.82, 2.24) is 5.32 Å². The highest BCUT2D eigenvalue weighted by molar-refractivity contribution is 5.93. The molecule has 1 amide bonds. The second-order valence-electron chi connectivity index (χ2n) is 1.69. The highest BCUT2D eigenvalue weighted by Crippen LogP contribution is 2.04. The topological polar surface area (TPSA) is 29.1 Å². The molecule has 0 bridgehead atoms. The van der Waals surface area contributed by atoms with Crippen LogP contribution in [-0.2, 0) is 4.79 Å². The molecular weight excluding hydrogens is 140 g/mol. The third kappa shape index (κ3) is 2.57. The maximum Gasteiger partial charge on any atom is 0.268 e. The Bertz CT molecular complexity index is 145. The first-order chi connectivity index (χ1) is 4.59. The van der Waals surface area contributed by atoms with E-state index < -0.39 is 17.9 Å². The van der Waals surface area contributed by atoms with Gasteiger partial charge in [-0.1, -0.05) is 6.58 Å². The van der Waals surface area contributed by atoms with Crippen molar-refractivity contribution in [1.29, 1.82) is 0 Å². The van der Waals surface area contributed by atoms with Gasteiger partial charge in [-0.05, 0) is 6.92 Å². The molecule has 0 aromatic rings. The Labute approximate surface area is 57.9 Å². The molecule has 0 atom stereocenters. The van der Waals surface area contributed by atoms with Gasteiger partial charge in [0.2, 0.25) is 0 Å². The molecule has 0 fully saturated rings. The van der Waals surface area contributed by atoms with Crippen LogP contribution in [0.2, 0.25) is 0 Å². The zero-order valence-electron chi connectivity index (χ0n) is 5.66. The lowest BCUT2D eigenvalue weighted by atomic mass is 10.3. The van der Waals surface area contributed by atoms with Crippen LogP contribution in [0.4, 0.5) is 8.78 Å². The standard InChI is InChI=1S/C6H9F2NO/c1-3-9-6(10)4(2)5(7)8/h5H,2-3H2,1H3,(H,9,10). The summed E-state index contributed by atoms with van der Waals surface area (Å²) in [6.45, 7) is 4.90. The molecule has 0 aromatic carbocycles. The number of alkyl halides is 2. The fourth-order valence-electron chi connectivity index (χ4n) is 0.373. The smallest absolute Gasteiger partial charge is 0.268 e. The molecule has 0 saturated heterocycles. The van der Waals surface area contributed by atoms with Crippen molar-refractivity contribution < 1.29 is 13.6 Å². The largest absolute Gasteiger partial charge is 0.352 e. The summed E-state index contributed by atoms with van der Waals surface area (Å²) in [4.78, 5) is 10.5. The highest BCUT2D eigenvalue weighted by atomic mass is 19.3. The molecule has 0 saturated carbocycles. The Morgan fingerprint density at radius 2 is 2.20 bits per heavy atom. The number of carbonyl (C=O) groups excluding carboxylic acids is 1. The van der Waals surface area contributed by atoms with Crippen LogP contribution in [-0.4, -0.2) is 18.9 Å². The van der Waals surface area contributed by atoms with Gasteiger partial charge in [0.05, 0.1) is 5.57 Å². The van der Waals surface area contributed by atoms with Crippen LogP contribution in [0.3, 0.4) is 0 Å². The molecule has 0 aromatic heterocycles. The maximum atomic E-state index is 11.6. The summed E-state index contributed by atoms with van der Waals surface area (Å²) in [7, 11) is 0. The van der Waals surface area contributed by atoms with Crippen LogP contribution in [0.5, 0.6) is 0 Å². The highest BCUT2D eigenvalue weighted by Gasteiger charge is 2.15. The molecule has 0 spiro atoms. The van der Waals surface area contributed by atoms with Gasteiger partial charge in [-0.15, -0.1) is 0 Å². The zero-order valence-corrected chi connectivity index (χ0v) is 5.66. The van der Waals surface area contributed by atoms with E-state index in [1.54, 1.807) is 6.92 Å². The molecule has 0 aliphatic rings. The van der Waals surface area contributed by atoms with E-state index in [0.717, 1.165) is 0 Å². The summed E-state index contributed by atoms with van der Waals surface area (Å²) in [5, 5.41) is 2.21. The molecular formula is C6H9F2NO. The Hall–Kier alpha value is -0.930. The van der Waals surface area contributed by atoms with Crippen LogP contribution in [0, 0.1) is 0 Å². The third-order valence-electron chi connectivity index (χ3n) is 0.892. The first-order valence-corrected chi connectivity index (χ1v) is 2.84. The normalized spacial score (nSPS) is 9.60. The monoisotopic (exact) mass is 149 g/mol. The van der Waals surface area contributed by atoms with Crippen molar-refractivity contribution in [3.05, 3.63) is 12.2 Å². The van der Waals surface area contributed by atoms with E-state index in [4.69, 9.17) is 0 Å². The van der Waals surface area contributed by atoms with Gasteiger partial charge in [-0.2, -0.15) is 0 Å². The average molecular weight is 149 g/mol. The zero-order chi connectivity index (χ0) is 8.15. The van der Waals surface area contributed by atoms with Gasteiger partial charge in [-0.3, -0.25) is 4.79 Å². The molecule has 0 rings (SSSR count). The minimum Gasteiger partial charge on any atom is -0.352 e. The summed E-state index contributed by atoms with van der Waals surface area (Å²) in [5.74, 6) is -0.780. The second-order valence-corrected chi connectivity index (χ2v) is 1.69. The van der Waals surface area contributed by atoms with Gasteiger partial charge in [0.15, 0.2) is 0 Å².